The SMILES string of the molecule is Cl.Cn1nccc1CN1C[C@H]2CNC[C@H]2C1. The predicted molar refractivity (Wildman–Crippen MR) is 65.6 cm³/mol. The van der Waals surface area contributed by atoms with E-state index < -0.39 is 0 Å². The van der Waals surface area contributed by atoms with Gasteiger partial charge in [-0.05, 0) is 31.0 Å². The van der Waals surface area contributed by atoms with E-state index in [-0.39, 0.29) is 12.4 Å². The molecule has 2 saturated heterocycles. The molecule has 5 heteroatoms. The Kier molecular flexibility index (Phi) is 3.52. The van der Waals surface area contributed by atoms with Gasteiger partial charge < -0.3 is 5.32 Å². The molecule has 16 heavy (non-hydrogen) atoms. The smallest absolute Gasteiger partial charge is 0.0521 e. The van der Waals surface area contributed by atoms with Gasteiger partial charge in [-0.1, -0.05) is 0 Å². The fourth-order valence-corrected chi connectivity index (χ4v) is 2.87. The monoisotopic (exact) mass is 242 g/mol. The van der Waals surface area contributed by atoms with E-state index in [1.165, 1.54) is 31.9 Å². The summed E-state index contributed by atoms with van der Waals surface area (Å²) in [6.45, 7) is 5.99. The van der Waals surface area contributed by atoms with E-state index in [9.17, 15) is 0 Å². The Labute approximate surface area is 102 Å². The maximum absolute atomic E-state index is 4.21. The molecular formula is C11H19ClN4. The lowest BCUT2D eigenvalue weighted by Gasteiger charge is -2.16. The molecule has 2 aliphatic heterocycles. The van der Waals surface area contributed by atoms with Crippen molar-refractivity contribution >= 4 is 12.4 Å². The summed E-state index contributed by atoms with van der Waals surface area (Å²) in [6, 6.07) is 2.12. The van der Waals surface area contributed by atoms with Crippen LogP contribution in [0.1, 0.15) is 5.69 Å². The highest BCUT2D eigenvalue weighted by molar-refractivity contribution is 5.85. The topological polar surface area (TPSA) is 33.1 Å². The molecule has 0 spiro atoms. The van der Waals surface area contributed by atoms with E-state index in [0.29, 0.717) is 0 Å². The first-order valence-corrected chi connectivity index (χ1v) is 5.73. The van der Waals surface area contributed by atoms with Gasteiger partial charge in [0.25, 0.3) is 0 Å². The average molecular weight is 243 g/mol. The minimum absolute atomic E-state index is 0. The Hall–Kier alpha value is -0.580. The van der Waals surface area contributed by atoms with Gasteiger partial charge in [0, 0.05) is 32.9 Å². The first kappa shape index (κ1) is 11.9. The number of aryl methyl sites for hydroxylation is 1. The van der Waals surface area contributed by atoms with Crippen molar-refractivity contribution in [3.05, 3.63) is 18.0 Å². The maximum atomic E-state index is 4.21. The van der Waals surface area contributed by atoms with Crippen LogP contribution in [0.4, 0.5) is 0 Å². The van der Waals surface area contributed by atoms with Crippen LogP contribution in [0.15, 0.2) is 12.3 Å². The van der Waals surface area contributed by atoms with Gasteiger partial charge in [-0.25, -0.2) is 0 Å². The zero-order valence-electron chi connectivity index (χ0n) is 9.59. The average Bonchev–Trinajstić information content (AvgIpc) is 2.83. The lowest BCUT2D eigenvalue weighted by Crippen LogP contribution is -2.26. The van der Waals surface area contributed by atoms with Crippen molar-refractivity contribution in [2.45, 2.75) is 6.54 Å². The summed E-state index contributed by atoms with van der Waals surface area (Å²) < 4.78 is 1.98. The summed E-state index contributed by atoms with van der Waals surface area (Å²) in [5, 5.41) is 7.68. The van der Waals surface area contributed by atoms with Gasteiger partial charge in [0.15, 0.2) is 0 Å². The summed E-state index contributed by atoms with van der Waals surface area (Å²) in [5.41, 5.74) is 1.32. The summed E-state index contributed by atoms with van der Waals surface area (Å²) >= 11 is 0. The zero-order chi connectivity index (χ0) is 10.3. The minimum Gasteiger partial charge on any atom is -0.316 e. The number of hydrogen-bond acceptors (Lipinski definition) is 3. The Morgan fingerprint density at radius 1 is 1.38 bits per heavy atom. The molecule has 0 aliphatic carbocycles. The Balaban J connectivity index is 0.000000963. The Morgan fingerprint density at radius 2 is 2.06 bits per heavy atom. The van der Waals surface area contributed by atoms with Gasteiger partial charge >= 0.3 is 0 Å². The first-order valence-electron chi connectivity index (χ1n) is 5.73. The van der Waals surface area contributed by atoms with Gasteiger partial charge in [0.05, 0.1) is 5.69 Å². The van der Waals surface area contributed by atoms with Gasteiger partial charge in [0.1, 0.15) is 0 Å². The molecule has 0 radical (unpaired) electrons. The van der Waals surface area contributed by atoms with Gasteiger partial charge in [-0.15, -0.1) is 12.4 Å². The van der Waals surface area contributed by atoms with E-state index in [1.54, 1.807) is 0 Å². The lowest BCUT2D eigenvalue weighted by atomic mass is 10.0. The second kappa shape index (κ2) is 4.73. The van der Waals surface area contributed by atoms with Gasteiger partial charge in [-0.2, -0.15) is 5.10 Å². The van der Waals surface area contributed by atoms with Crippen LogP contribution in [-0.4, -0.2) is 40.9 Å². The molecule has 0 amide bonds. The Morgan fingerprint density at radius 3 is 2.62 bits per heavy atom. The summed E-state index contributed by atoms with van der Waals surface area (Å²) in [6.07, 6.45) is 1.88. The van der Waals surface area contributed by atoms with E-state index in [1.807, 2.05) is 17.9 Å². The third kappa shape index (κ3) is 2.10. The van der Waals surface area contributed by atoms with E-state index in [0.717, 1.165) is 18.4 Å². The van der Waals surface area contributed by atoms with Crippen molar-refractivity contribution < 1.29 is 0 Å². The highest BCUT2D eigenvalue weighted by Gasteiger charge is 2.35. The van der Waals surface area contributed by atoms with Crippen molar-refractivity contribution in [3.63, 3.8) is 0 Å². The molecule has 0 unspecified atom stereocenters. The fourth-order valence-electron chi connectivity index (χ4n) is 2.87. The van der Waals surface area contributed by atoms with Gasteiger partial charge in [-0.3, -0.25) is 9.58 Å². The van der Waals surface area contributed by atoms with Crippen molar-refractivity contribution in [1.29, 1.82) is 0 Å². The standard InChI is InChI=1S/C11H18N4.ClH/c1-14-11(2-3-13-14)8-15-6-9-4-12-5-10(9)7-15;/h2-3,9-10,12H,4-8H2,1H3;1H/t9-,10+;. The molecule has 2 atom stereocenters. The lowest BCUT2D eigenvalue weighted by molar-refractivity contribution is 0.297. The molecule has 0 aromatic carbocycles. The summed E-state index contributed by atoms with van der Waals surface area (Å²) in [5.74, 6) is 1.77. The molecule has 2 aliphatic rings. The molecule has 1 aromatic rings. The quantitative estimate of drug-likeness (QED) is 0.820. The molecule has 3 heterocycles. The molecule has 0 bridgehead atoms. The number of likely N-dealkylation sites (tertiary alicyclic amines) is 1. The number of nitrogens with one attached hydrogen (secondary N) is 1. The van der Waals surface area contributed by atoms with E-state index >= 15 is 0 Å². The van der Waals surface area contributed by atoms with Crippen molar-refractivity contribution in [1.82, 2.24) is 20.0 Å². The van der Waals surface area contributed by atoms with Crippen LogP contribution in [0.2, 0.25) is 0 Å². The molecule has 2 fully saturated rings. The molecule has 3 rings (SSSR count). The largest absolute Gasteiger partial charge is 0.316 e. The second-order valence-electron chi connectivity index (χ2n) is 4.82. The summed E-state index contributed by atoms with van der Waals surface area (Å²) in [4.78, 5) is 2.56. The number of aromatic nitrogens is 2. The number of hydrogen-bond donors (Lipinski definition) is 1. The van der Waals surface area contributed by atoms with Crippen molar-refractivity contribution in [2.75, 3.05) is 26.2 Å². The van der Waals surface area contributed by atoms with Crippen molar-refractivity contribution in [2.24, 2.45) is 18.9 Å². The predicted octanol–water partition coefficient (Wildman–Crippen LogP) is 0.493. The zero-order valence-corrected chi connectivity index (χ0v) is 10.4. The molecule has 4 nitrogen and oxygen atoms in total. The molecule has 1 aromatic heterocycles. The Bertz CT molecular complexity index is 340. The van der Waals surface area contributed by atoms with Crippen LogP contribution < -0.4 is 5.32 Å². The minimum atomic E-state index is 0. The van der Waals surface area contributed by atoms with Crippen LogP contribution in [0.5, 0.6) is 0 Å². The maximum Gasteiger partial charge on any atom is 0.0521 e. The van der Waals surface area contributed by atoms with Crippen molar-refractivity contribution in [3.8, 4) is 0 Å². The molecule has 1 N–H and O–H groups in total. The first-order chi connectivity index (χ1) is 7.33. The van der Waals surface area contributed by atoms with Crippen LogP contribution in [0, 0.1) is 11.8 Å². The van der Waals surface area contributed by atoms with Crippen LogP contribution >= 0.6 is 12.4 Å². The number of rotatable bonds is 2. The number of fused-ring (bicyclic) bond motifs is 1. The number of halogens is 1. The third-order valence-corrected chi connectivity index (χ3v) is 3.77. The molecule has 0 saturated carbocycles. The fraction of sp³-hybridized carbons (Fsp3) is 0.727. The van der Waals surface area contributed by atoms with Crippen LogP contribution in [0.3, 0.4) is 0 Å². The normalized spacial score (nSPS) is 29.1. The molecule has 90 valence electrons. The van der Waals surface area contributed by atoms with Crippen LogP contribution in [-0.2, 0) is 13.6 Å². The highest BCUT2D eigenvalue weighted by atomic mass is 35.5. The van der Waals surface area contributed by atoms with Gasteiger partial charge in [0.2, 0.25) is 0 Å². The number of nitrogens with zero attached hydrogens (tertiary/aromatic N) is 3. The van der Waals surface area contributed by atoms with Crippen LogP contribution in [0.25, 0.3) is 0 Å². The second-order valence-corrected chi connectivity index (χ2v) is 4.82. The van der Waals surface area contributed by atoms with E-state index in [2.05, 4.69) is 21.4 Å². The third-order valence-electron chi connectivity index (χ3n) is 3.77. The summed E-state index contributed by atoms with van der Waals surface area (Å²) in [7, 11) is 2.02. The highest BCUT2D eigenvalue weighted by Crippen LogP contribution is 2.27. The molecular weight excluding hydrogens is 224 g/mol. The van der Waals surface area contributed by atoms with E-state index in [4.69, 9.17) is 0 Å².